The zero-order valence-corrected chi connectivity index (χ0v) is 20.7. The summed E-state index contributed by atoms with van der Waals surface area (Å²) >= 11 is 0. The second-order valence-corrected chi connectivity index (χ2v) is 9.29. The molecule has 2 aliphatic heterocycles. The van der Waals surface area contributed by atoms with Crippen LogP contribution in [0.5, 0.6) is 5.75 Å². The van der Waals surface area contributed by atoms with Gasteiger partial charge >= 0.3 is 0 Å². The van der Waals surface area contributed by atoms with Crippen molar-refractivity contribution in [1.29, 1.82) is 0 Å². The Morgan fingerprint density at radius 1 is 0.973 bits per heavy atom. The van der Waals surface area contributed by atoms with E-state index in [2.05, 4.69) is 15.5 Å². The van der Waals surface area contributed by atoms with Crippen molar-refractivity contribution >= 4 is 23.2 Å². The van der Waals surface area contributed by atoms with Crippen LogP contribution < -0.4 is 26.0 Å². The summed E-state index contributed by atoms with van der Waals surface area (Å²) in [7, 11) is 0. The van der Waals surface area contributed by atoms with E-state index in [-0.39, 0.29) is 12.0 Å². The van der Waals surface area contributed by atoms with Gasteiger partial charge in [-0.1, -0.05) is 24.3 Å². The van der Waals surface area contributed by atoms with Crippen molar-refractivity contribution < 1.29 is 19.1 Å². The lowest BCUT2D eigenvalue weighted by atomic mass is 9.96. The summed E-state index contributed by atoms with van der Waals surface area (Å²) in [4.78, 5) is 27.9. The van der Waals surface area contributed by atoms with Crippen LogP contribution in [-0.4, -0.2) is 57.3 Å². The van der Waals surface area contributed by atoms with Crippen molar-refractivity contribution in [3.05, 3.63) is 77.9 Å². The van der Waals surface area contributed by atoms with Crippen LogP contribution in [0.15, 0.2) is 66.7 Å². The van der Waals surface area contributed by atoms with Crippen LogP contribution in [0.3, 0.4) is 0 Å². The number of ether oxygens (including phenoxy) is 2. The Morgan fingerprint density at radius 2 is 1.73 bits per heavy atom. The third kappa shape index (κ3) is 5.93. The Kier molecular flexibility index (Phi) is 7.67. The molecular weight excluding hydrogens is 468 g/mol. The third-order valence-corrected chi connectivity index (χ3v) is 6.77. The maximum Gasteiger partial charge on any atom is 0.255 e. The molecule has 37 heavy (non-hydrogen) atoms. The van der Waals surface area contributed by atoms with Gasteiger partial charge in [-0.25, -0.2) is 0 Å². The molecule has 3 aromatic carbocycles. The monoisotopic (exact) mass is 500 g/mol. The van der Waals surface area contributed by atoms with E-state index in [0.717, 1.165) is 50.3 Å². The highest BCUT2D eigenvalue weighted by atomic mass is 16.5. The van der Waals surface area contributed by atoms with Gasteiger partial charge < -0.3 is 30.7 Å². The van der Waals surface area contributed by atoms with Gasteiger partial charge in [-0.15, -0.1) is 0 Å². The fourth-order valence-corrected chi connectivity index (χ4v) is 4.86. The highest BCUT2D eigenvalue weighted by Crippen LogP contribution is 2.34. The van der Waals surface area contributed by atoms with E-state index in [1.807, 2.05) is 36.4 Å². The lowest BCUT2D eigenvalue weighted by molar-refractivity contribution is 0.0996. The number of nitrogens with two attached hydrogens (primary N) is 1. The molecule has 192 valence electrons. The van der Waals surface area contributed by atoms with Crippen LogP contribution in [0.25, 0.3) is 11.1 Å². The second-order valence-electron chi connectivity index (χ2n) is 9.29. The normalized spacial score (nSPS) is 16.3. The summed E-state index contributed by atoms with van der Waals surface area (Å²) in [6.45, 7) is 4.78. The summed E-state index contributed by atoms with van der Waals surface area (Å²) in [6, 6.07) is 20.3. The predicted octanol–water partition coefficient (Wildman–Crippen LogP) is 3.67. The quantitative estimate of drug-likeness (QED) is 0.457. The van der Waals surface area contributed by atoms with E-state index in [1.165, 1.54) is 0 Å². The van der Waals surface area contributed by atoms with E-state index in [1.54, 1.807) is 30.3 Å². The number of anilines is 2. The predicted molar refractivity (Wildman–Crippen MR) is 144 cm³/mol. The van der Waals surface area contributed by atoms with Gasteiger partial charge in [0.15, 0.2) is 0 Å². The Bertz CT molecular complexity index is 1270. The molecule has 3 aromatic rings. The number of piperidine rings is 1. The number of morpholine rings is 1. The number of amides is 2. The first-order valence-corrected chi connectivity index (χ1v) is 12.7. The Labute approximate surface area is 216 Å². The van der Waals surface area contributed by atoms with Gasteiger partial charge in [0.05, 0.1) is 13.2 Å². The highest BCUT2D eigenvalue weighted by Gasteiger charge is 2.20. The Balaban J connectivity index is 1.42. The molecule has 0 aliphatic carbocycles. The summed E-state index contributed by atoms with van der Waals surface area (Å²) in [6.07, 6.45) is 2.00. The molecule has 2 fully saturated rings. The zero-order chi connectivity index (χ0) is 25.6. The van der Waals surface area contributed by atoms with Crippen LogP contribution in [-0.2, 0) is 4.74 Å². The van der Waals surface area contributed by atoms with Crippen LogP contribution in [0.1, 0.15) is 33.6 Å². The lowest BCUT2D eigenvalue weighted by Crippen LogP contribution is -2.36. The van der Waals surface area contributed by atoms with E-state index in [0.29, 0.717) is 41.3 Å². The Hall–Kier alpha value is -3.88. The largest absolute Gasteiger partial charge is 0.490 e. The molecule has 0 atom stereocenters. The zero-order valence-electron chi connectivity index (χ0n) is 20.7. The fourth-order valence-electron chi connectivity index (χ4n) is 4.86. The van der Waals surface area contributed by atoms with Gasteiger partial charge in [0.1, 0.15) is 11.9 Å². The molecule has 0 saturated carbocycles. The molecule has 0 radical (unpaired) electrons. The standard InChI is InChI=1S/C29H32N4O4/c30-28(34)25-8-3-9-26(27(25)20-4-1-6-22(18-20)33-14-16-36-17-15-33)32-29(35)21-5-2-7-24(19-21)37-23-10-12-31-13-11-23/h1-9,18-19,23,31H,10-17H2,(H2,30,34)(H,32,35). The van der Waals surface area contributed by atoms with Crippen molar-refractivity contribution in [1.82, 2.24) is 5.32 Å². The number of carbonyl (C=O) groups is 2. The Morgan fingerprint density at radius 3 is 2.51 bits per heavy atom. The number of nitrogens with zero attached hydrogens (tertiary/aromatic N) is 1. The molecule has 4 N–H and O–H groups in total. The van der Waals surface area contributed by atoms with Crippen LogP contribution in [0.2, 0.25) is 0 Å². The van der Waals surface area contributed by atoms with Crippen molar-refractivity contribution in [3.63, 3.8) is 0 Å². The van der Waals surface area contributed by atoms with E-state index >= 15 is 0 Å². The minimum absolute atomic E-state index is 0.136. The average Bonchev–Trinajstić information content (AvgIpc) is 2.94. The first-order valence-electron chi connectivity index (χ1n) is 12.7. The number of hydrogen-bond acceptors (Lipinski definition) is 6. The second kappa shape index (κ2) is 11.5. The molecule has 2 aliphatic rings. The highest BCUT2D eigenvalue weighted by molar-refractivity contribution is 6.10. The molecule has 0 spiro atoms. The van der Waals surface area contributed by atoms with Crippen LogP contribution >= 0.6 is 0 Å². The molecule has 8 nitrogen and oxygen atoms in total. The SMILES string of the molecule is NC(=O)c1cccc(NC(=O)c2cccc(OC3CCNCC3)c2)c1-c1cccc(N2CCOCC2)c1. The summed E-state index contributed by atoms with van der Waals surface area (Å²) < 4.78 is 11.6. The van der Waals surface area contributed by atoms with E-state index in [4.69, 9.17) is 15.2 Å². The summed E-state index contributed by atoms with van der Waals surface area (Å²) in [5, 5.41) is 6.33. The number of carbonyl (C=O) groups excluding carboxylic acids is 2. The third-order valence-electron chi connectivity index (χ3n) is 6.77. The molecule has 0 unspecified atom stereocenters. The number of hydrogen-bond donors (Lipinski definition) is 3. The van der Waals surface area contributed by atoms with Gasteiger partial charge in [0.2, 0.25) is 5.91 Å². The first kappa shape index (κ1) is 24.8. The maximum absolute atomic E-state index is 13.3. The molecule has 8 heteroatoms. The summed E-state index contributed by atoms with van der Waals surface area (Å²) in [5.41, 5.74) is 9.52. The fraction of sp³-hybridized carbons (Fsp3) is 0.310. The molecule has 2 amide bonds. The average molecular weight is 501 g/mol. The molecule has 0 aromatic heterocycles. The topological polar surface area (TPSA) is 106 Å². The van der Waals surface area contributed by atoms with Crippen molar-refractivity contribution in [2.24, 2.45) is 5.73 Å². The molecule has 0 bridgehead atoms. The van der Waals surface area contributed by atoms with E-state index < -0.39 is 5.91 Å². The van der Waals surface area contributed by atoms with Gasteiger partial charge in [0.25, 0.3) is 5.91 Å². The first-order chi connectivity index (χ1) is 18.1. The minimum Gasteiger partial charge on any atom is -0.490 e. The number of primary amides is 1. The maximum atomic E-state index is 13.3. The van der Waals surface area contributed by atoms with Gasteiger partial charge in [-0.2, -0.15) is 0 Å². The van der Waals surface area contributed by atoms with Crippen molar-refractivity contribution in [2.75, 3.05) is 49.6 Å². The minimum atomic E-state index is -0.555. The van der Waals surface area contributed by atoms with E-state index in [9.17, 15) is 9.59 Å². The lowest BCUT2D eigenvalue weighted by Gasteiger charge is -2.29. The van der Waals surface area contributed by atoms with Gasteiger partial charge in [-0.3, -0.25) is 9.59 Å². The number of rotatable bonds is 7. The molecule has 2 heterocycles. The van der Waals surface area contributed by atoms with Crippen LogP contribution in [0.4, 0.5) is 11.4 Å². The number of nitrogens with one attached hydrogen (secondary N) is 2. The molecule has 5 rings (SSSR count). The smallest absolute Gasteiger partial charge is 0.255 e. The summed E-state index contributed by atoms with van der Waals surface area (Å²) in [5.74, 6) is -0.174. The van der Waals surface area contributed by atoms with Crippen molar-refractivity contribution in [2.45, 2.75) is 18.9 Å². The van der Waals surface area contributed by atoms with Gasteiger partial charge in [-0.05, 0) is 74.0 Å². The molecular formula is C29H32N4O4. The van der Waals surface area contributed by atoms with Crippen LogP contribution in [0, 0.1) is 0 Å². The number of benzene rings is 3. The van der Waals surface area contributed by atoms with Gasteiger partial charge in [0, 0.05) is 41.2 Å². The molecule has 2 saturated heterocycles. The van der Waals surface area contributed by atoms with Crippen molar-refractivity contribution in [3.8, 4) is 16.9 Å².